The lowest BCUT2D eigenvalue weighted by Crippen LogP contribution is -2.36. The molecule has 5 nitrogen and oxygen atoms in total. The van der Waals surface area contributed by atoms with Crippen molar-refractivity contribution in [3.63, 3.8) is 0 Å². The lowest BCUT2D eigenvalue weighted by molar-refractivity contribution is -0.122. The van der Waals surface area contributed by atoms with Crippen LogP contribution in [0.5, 0.6) is 0 Å². The molecule has 9 heteroatoms. The van der Waals surface area contributed by atoms with Crippen molar-refractivity contribution in [2.24, 2.45) is 0 Å². The number of aromatic carboxylic acids is 1. The number of anilines is 1. The minimum atomic E-state index is -4.54. The Morgan fingerprint density at radius 1 is 1.32 bits per heavy atom. The van der Waals surface area contributed by atoms with Gasteiger partial charge in [0.05, 0.1) is 11.3 Å². The van der Waals surface area contributed by atoms with Crippen molar-refractivity contribution in [2.75, 3.05) is 11.9 Å². The number of nitrogens with one attached hydrogen (secondary N) is 2. The van der Waals surface area contributed by atoms with E-state index in [2.05, 4.69) is 15.9 Å². The van der Waals surface area contributed by atoms with Crippen LogP contribution < -0.4 is 10.6 Å². The largest absolute Gasteiger partial charge is 0.478 e. The number of rotatable bonds is 3. The molecule has 19 heavy (non-hydrogen) atoms. The van der Waals surface area contributed by atoms with E-state index >= 15 is 0 Å². The van der Waals surface area contributed by atoms with Crippen LogP contribution in [0.25, 0.3) is 0 Å². The maximum absolute atomic E-state index is 11.9. The van der Waals surface area contributed by atoms with Gasteiger partial charge in [-0.25, -0.2) is 9.59 Å². The van der Waals surface area contributed by atoms with E-state index in [9.17, 15) is 22.8 Å². The van der Waals surface area contributed by atoms with E-state index in [1.165, 1.54) is 18.2 Å². The molecule has 104 valence electrons. The van der Waals surface area contributed by atoms with E-state index in [1.54, 1.807) is 5.32 Å². The Hall–Kier alpha value is -1.77. The van der Waals surface area contributed by atoms with Gasteiger partial charge in [-0.2, -0.15) is 13.2 Å². The second-order valence-corrected chi connectivity index (χ2v) is 4.33. The molecule has 1 aromatic rings. The summed E-state index contributed by atoms with van der Waals surface area (Å²) in [7, 11) is 0. The highest BCUT2D eigenvalue weighted by atomic mass is 79.9. The van der Waals surface area contributed by atoms with E-state index in [4.69, 9.17) is 5.11 Å². The van der Waals surface area contributed by atoms with Crippen LogP contribution in [0, 0.1) is 0 Å². The minimum absolute atomic E-state index is 0.102. The van der Waals surface area contributed by atoms with Gasteiger partial charge in [0.25, 0.3) is 0 Å². The first kappa shape index (κ1) is 15.3. The average Bonchev–Trinajstić information content (AvgIpc) is 2.28. The summed E-state index contributed by atoms with van der Waals surface area (Å²) in [6.07, 6.45) is -4.54. The zero-order valence-corrected chi connectivity index (χ0v) is 10.8. The molecule has 1 rings (SSSR count). The predicted molar refractivity (Wildman–Crippen MR) is 64.2 cm³/mol. The molecule has 0 fully saturated rings. The molecular weight excluding hydrogens is 333 g/mol. The van der Waals surface area contributed by atoms with Crippen LogP contribution in [-0.4, -0.2) is 29.8 Å². The number of carboxylic acids is 1. The van der Waals surface area contributed by atoms with Crippen LogP contribution in [0.15, 0.2) is 22.7 Å². The number of benzene rings is 1. The number of amides is 2. The fourth-order valence-electron chi connectivity index (χ4n) is 1.15. The third-order valence-corrected chi connectivity index (χ3v) is 2.40. The zero-order valence-electron chi connectivity index (χ0n) is 9.21. The van der Waals surface area contributed by atoms with Crippen molar-refractivity contribution in [3.8, 4) is 0 Å². The molecule has 0 saturated heterocycles. The number of hydrogen-bond donors (Lipinski definition) is 3. The van der Waals surface area contributed by atoms with Crippen LogP contribution in [0.2, 0.25) is 0 Å². The molecule has 0 saturated carbocycles. The summed E-state index contributed by atoms with van der Waals surface area (Å²) in [6, 6.07) is 2.80. The van der Waals surface area contributed by atoms with Gasteiger partial charge in [0, 0.05) is 4.47 Å². The number of alkyl halides is 3. The van der Waals surface area contributed by atoms with Gasteiger partial charge in [-0.1, -0.05) is 15.9 Å². The third kappa shape index (κ3) is 5.16. The van der Waals surface area contributed by atoms with Crippen LogP contribution in [-0.2, 0) is 0 Å². The van der Waals surface area contributed by atoms with E-state index in [-0.39, 0.29) is 11.3 Å². The Balaban J connectivity index is 2.77. The Morgan fingerprint density at radius 2 is 1.95 bits per heavy atom. The molecule has 0 aliphatic heterocycles. The second kappa shape index (κ2) is 5.91. The highest BCUT2D eigenvalue weighted by Gasteiger charge is 2.27. The summed E-state index contributed by atoms with van der Waals surface area (Å²) in [5.41, 5.74) is -0.341. The molecule has 1 aromatic carbocycles. The Morgan fingerprint density at radius 3 is 2.47 bits per heavy atom. The highest BCUT2D eigenvalue weighted by Crippen LogP contribution is 2.21. The number of urea groups is 1. The van der Waals surface area contributed by atoms with Crippen molar-refractivity contribution in [2.45, 2.75) is 6.18 Å². The SMILES string of the molecule is O=C(NCC(F)(F)F)Nc1ccc(Br)cc1C(=O)O. The van der Waals surface area contributed by atoms with Crippen molar-refractivity contribution in [1.82, 2.24) is 5.32 Å². The average molecular weight is 341 g/mol. The van der Waals surface area contributed by atoms with Gasteiger partial charge in [0.1, 0.15) is 6.54 Å². The molecule has 0 spiro atoms. The van der Waals surface area contributed by atoms with Gasteiger partial charge in [0.15, 0.2) is 0 Å². The van der Waals surface area contributed by atoms with Crippen LogP contribution in [0.1, 0.15) is 10.4 Å². The number of hydrogen-bond acceptors (Lipinski definition) is 2. The van der Waals surface area contributed by atoms with Gasteiger partial charge in [-0.3, -0.25) is 0 Å². The third-order valence-electron chi connectivity index (χ3n) is 1.91. The first-order valence-corrected chi connectivity index (χ1v) is 5.63. The fraction of sp³-hybridized carbons (Fsp3) is 0.200. The fourth-order valence-corrected chi connectivity index (χ4v) is 1.51. The Bertz CT molecular complexity index is 505. The molecule has 0 aliphatic carbocycles. The first-order valence-electron chi connectivity index (χ1n) is 4.83. The van der Waals surface area contributed by atoms with Gasteiger partial charge in [0.2, 0.25) is 0 Å². The van der Waals surface area contributed by atoms with Crippen LogP contribution in [0.4, 0.5) is 23.7 Å². The summed E-state index contributed by atoms with van der Waals surface area (Å²) >= 11 is 3.05. The standard InChI is InChI=1S/C10H8BrF3N2O3/c11-5-1-2-7(6(3-5)8(17)18)16-9(19)15-4-10(12,13)14/h1-3H,4H2,(H,17,18)(H2,15,16,19). The molecule has 0 unspecified atom stereocenters. The molecule has 0 aliphatic rings. The minimum Gasteiger partial charge on any atom is -0.478 e. The quantitative estimate of drug-likeness (QED) is 0.791. The Kier molecular flexibility index (Phi) is 4.76. The van der Waals surface area contributed by atoms with Crippen molar-refractivity contribution >= 4 is 33.6 Å². The Labute approximate surface area is 113 Å². The summed E-state index contributed by atoms with van der Waals surface area (Å²) < 4.78 is 36.1. The topological polar surface area (TPSA) is 78.4 Å². The molecular formula is C10H8BrF3N2O3. The summed E-state index contributed by atoms with van der Waals surface area (Å²) in [5.74, 6) is -1.31. The van der Waals surface area contributed by atoms with Crippen LogP contribution in [0.3, 0.4) is 0 Å². The lowest BCUT2D eigenvalue weighted by atomic mass is 10.2. The summed E-state index contributed by atoms with van der Waals surface area (Å²) in [6.45, 7) is -1.50. The smallest absolute Gasteiger partial charge is 0.405 e. The molecule has 0 heterocycles. The lowest BCUT2D eigenvalue weighted by Gasteiger charge is -2.11. The summed E-state index contributed by atoms with van der Waals surface area (Å²) in [4.78, 5) is 22.1. The van der Waals surface area contributed by atoms with Gasteiger partial charge in [-0.15, -0.1) is 0 Å². The normalized spacial score (nSPS) is 10.9. The molecule has 0 atom stereocenters. The van der Waals surface area contributed by atoms with Gasteiger partial charge >= 0.3 is 18.2 Å². The van der Waals surface area contributed by atoms with Crippen molar-refractivity contribution in [1.29, 1.82) is 0 Å². The molecule has 2 amide bonds. The highest BCUT2D eigenvalue weighted by molar-refractivity contribution is 9.10. The number of carbonyl (C=O) groups excluding carboxylic acids is 1. The maximum atomic E-state index is 11.9. The van der Waals surface area contributed by atoms with Crippen molar-refractivity contribution in [3.05, 3.63) is 28.2 Å². The van der Waals surface area contributed by atoms with E-state index in [1.807, 2.05) is 5.32 Å². The predicted octanol–water partition coefficient (Wildman–Crippen LogP) is 2.83. The van der Waals surface area contributed by atoms with E-state index < -0.39 is 24.7 Å². The van der Waals surface area contributed by atoms with Crippen LogP contribution >= 0.6 is 15.9 Å². The summed E-state index contributed by atoms with van der Waals surface area (Å²) in [5, 5.41) is 12.5. The van der Waals surface area contributed by atoms with Gasteiger partial charge < -0.3 is 15.7 Å². The molecule has 3 N–H and O–H groups in total. The van der Waals surface area contributed by atoms with Crippen molar-refractivity contribution < 1.29 is 27.9 Å². The number of carboxylic acid groups (broad SMARTS) is 1. The van der Waals surface area contributed by atoms with E-state index in [0.717, 1.165) is 0 Å². The van der Waals surface area contributed by atoms with Gasteiger partial charge in [-0.05, 0) is 18.2 Å². The second-order valence-electron chi connectivity index (χ2n) is 3.42. The molecule has 0 aromatic heterocycles. The number of carbonyl (C=O) groups is 2. The number of halogens is 4. The van der Waals surface area contributed by atoms with E-state index in [0.29, 0.717) is 4.47 Å². The monoisotopic (exact) mass is 340 g/mol. The maximum Gasteiger partial charge on any atom is 0.405 e. The first-order chi connectivity index (χ1) is 8.69. The zero-order chi connectivity index (χ0) is 14.6. The molecule has 0 radical (unpaired) electrons. The molecule has 0 bridgehead atoms.